The van der Waals surface area contributed by atoms with Gasteiger partial charge in [-0.15, -0.1) is 0 Å². The highest BCUT2D eigenvalue weighted by molar-refractivity contribution is 9.10. The van der Waals surface area contributed by atoms with Crippen LogP contribution < -0.4 is 19.8 Å². The third-order valence-corrected chi connectivity index (χ3v) is 8.33. The number of H-pyrrole nitrogens is 1. The number of anilines is 1. The molecule has 4 heterocycles. The standard InChI is InChI=1S/C26H25BrN6O2S/c27-19-12-20-21(35-16-34-20)13-22(19)36-26-30-23-24(28)29-15-33(25(23)31-26)11-8-17-6-9-32(10-7-17)14-18-4-2-1-3-5-18/h1-6,12-13,15H,7-11,14,16H2,(H2,28,30,31)/p+1. The van der Waals surface area contributed by atoms with Gasteiger partial charge in [-0.2, -0.15) is 0 Å². The highest BCUT2D eigenvalue weighted by atomic mass is 79.9. The average molecular weight is 567 g/mol. The molecule has 2 aromatic heterocycles. The molecule has 0 amide bonds. The lowest BCUT2D eigenvalue weighted by Gasteiger charge is -2.26. The Morgan fingerprint density at radius 3 is 2.81 bits per heavy atom. The highest BCUT2D eigenvalue weighted by Crippen LogP contribution is 2.42. The van der Waals surface area contributed by atoms with Crippen molar-refractivity contribution in [2.45, 2.75) is 36.0 Å². The summed E-state index contributed by atoms with van der Waals surface area (Å²) in [5.41, 5.74) is 10.6. The number of imidazole rings is 1. The molecule has 2 aliphatic rings. The second-order valence-electron chi connectivity index (χ2n) is 8.88. The average Bonchev–Trinajstić information content (AvgIpc) is 3.53. The van der Waals surface area contributed by atoms with E-state index in [0.29, 0.717) is 5.82 Å². The van der Waals surface area contributed by atoms with Gasteiger partial charge in [-0.25, -0.2) is 4.57 Å². The van der Waals surface area contributed by atoms with Crippen molar-refractivity contribution < 1.29 is 14.0 Å². The number of nitrogens with two attached hydrogens (primary N) is 1. The van der Waals surface area contributed by atoms with Gasteiger partial charge in [0.1, 0.15) is 0 Å². The van der Waals surface area contributed by atoms with Gasteiger partial charge in [0, 0.05) is 29.0 Å². The van der Waals surface area contributed by atoms with Crippen LogP contribution in [0, 0.1) is 0 Å². The lowest BCUT2D eigenvalue weighted by Crippen LogP contribution is -2.36. The summed E-state index contributed by atoms with van der Waals surface area (Å²) in [7, 11) is 0. The molecular weight excluding hydrogens is 540 g/mol. The minimum Gasteiger partial charge on any atom is -0.454 e. The van der Waals surface area contributed by atoms with Gasteiger partial charge in [0.05, 0.1) is 6.54 Å². The largest absolute Gasteiger partial charge is 0.454 e. The molecule has 2 aliphatic heterocycles. The Kier molecular flexibility index (Phi) is 6.56. The van der Waals surface area contributed by atoms with E-state index in [2.05, 4.69) is 71.8 Å². The second kappa shape index (κ2) is 10.1. The van der Waals surface area contributed by atoms with Gasteiger partial charge < -0.3 is 20.2 Å². The van der Waals surface area contributed by atoms with Crippen molar-refractivity contribution >= 4 is 44.7 Å². The Balaban J connectivity index is 1.15. The van der Waals surface area contributed by atoms with Crippen molar-refractivity contribution in [2.75, 3.05) is 25.6 Å². The summed E-state index contributed by atoms with van der Waals surface area (Å²) in [6, 6.07) is 14.5. The number of hydrogen-bond donors (Lipinski definition) is 2. The summed E-state index contributed by atoms with van der Waals surface area (Å²) in [5, 5.41) is 0.742. The number of aromatic nitrogens is 4. The fourth-order valence-electron chi connectivity index (χ4n) is 4.50. The maximum Gasteiger partial charge on any atom is 0.294 e. The molecule has 10 heteroatoms. The predicted molar refractivity (Wildman–Crippen MR) is 142 cm³/mol. The lowest BCUT2D eigenvalue weighted by molar-refractivity contribution is -0.675. The van der Waals surface area contributed by atoms with Gasteiger partial charge in [0.15, 0.2) is 17.0 Å². The number of ether oxygens (including phenoxy) is 2. The highest BCUT2D eigenvalue weighted by Gasteiger charge is 2.22. The summed E-state index contributed by atoms with van der Waals surface area (Å²) in [5.74, 6) is 1.91. The number of halogens is 1. The Morgan fingerprint density at radius 1 is 1.17 bits per heavy atom. The number of fused-ring (bicyclic) bond motifs is 2. The molecule has 2 aromatic carbocycles. The molecule has 0 aliphatic carbocycles. The zero-order valence-corrected chi connectivity index (χ0v) is 22.0. The summed E-state index contributed by atoms with van der Waals surface area (Å²) in [6.45, 7) is 4.10. The van der Waals surface area contributed by atoms with Crippen molar-refractivity contribution in [3.8, 4) is 11.5 Å². The van der Waals surface area contributed by atoms with E-state index in [1.807, 2.05) is 12.1 Å². The van der Waals surface area contributed by atoms with Crippen LogP contribution >= 0.6 is 27.7 Å². The predicted octanol–water partition coefficient (Wildman–Crippen LogP) is 4.69. The Bertz CT molecular complexity index is 1440. The molecule has 0 atom stereocenters. The van der Waals surface area contributed by atoms with Gasteiger partial charge in [-0.05, 0) is 58.2 Å². The molecule has 0 saturated carbocycles. The van der Waals surface area contributed by atoms with Crippen molar-refractivity contribution in [2.24, 2.45) is 0 Å². The molecule has 0 spiro atoms. The van der Waals surface area contributed by atoms with Crippen LogP contribution in [0.5, 0.6) is 11.5 Å². The number of nitrogen functional groups attached to an aromatic ring is 1. The van der Waals surface area contributed by atoms with Crippen LogP contribution in [0.15, 0.2) is 75.0 Å². The molecule has 36 heavy (non-hydrogen) atoms. The topological polar surface area (TPSA) is 93.2 Å². The van der Waals surface area contributed by atoms with E-state index in [9.17, 15) is 0 Å². The Morgan fingerprint density at radius 2 is 2.00 bits per heavy atom. The Labute approximate surface area is 221 Å². The van der Waals surface area contributed by atoms with Gasteiger partial charge in [0.25, 0.3) is 5.65 Å². The molecular formula is C26H26BrN6O2S+. The van der Waals surface area contributed by atoms with Gasteiger partial charge in [0.2, 0.25) is 24.1 Å². The van der Waals surface area contributed by atoms with Crippen molar-refractivity contribution in [1.29, 1.82) is 0 Å². The SMILES string of the molecule is Nc1nc[n+](CCC2=CCN(Cc3ccccc3)CC2)c2nc(Sc3cc4c(cc3Br)OCO4)[nH]c12. The molecule has 4 aromatic rings. The minimum absolute atomic E-state index is 0.240. The van der Waals surface area contributed by atoms with E-state index < -0.39 is 0 Å². The quantitative estimate of drug-likeness (QED) is 0.248. The van der Waals surface area contributed by atoms with Gasteiger partial charge in [-0.1, -0.05) is 51.9 Å². The van der Waals surface area contributed by atoms with Crippen molar-refractivity contribution in [3.05, 3.63) is 70.5 Å². The molecule has 0 unspecified atom stereocenters. The number of aromatic amines is 1. The number of aryl methyl sites for hydroxylation is 1. The molecule has 184 valence electrons. The summed E-state index contributed by atoms with van der Waals surface area (Å²) in [4.78, 5) is 16.1. The maximum atomic E-state index is 6.19. The smallest absolute Gasteiger partial charge is 0.294 e. The summed E-state index contributed by atoms with van der Waals surface area (Å²) in [6.07, 6.45) is 6.21. The molecule has 0 fully saturated rings. The lowest BCUT2D eigenvalue weighted by atomic mass is 10.0. The van der Waals surface area contributed by atoms with Gasteiger partial charge >= 0.3 is 0 Å². The molecule has 3 N–H and O–H groups in total. The van der Waals surface area contributed by atoms with E-state index in [1.54, 1.807) is 6.33 Å². The van der Waals surface area contributed by atoms with Crippen molar-refractivity contribution in [3.63, 3.8) is 0 Å². The monoisotopic (exact) mass is 565 g/mol. The van der Waals surface area contributed by atoms with E-state index in [1.165, 1.54) is 22.9 Å². The van der Waals surface area contributed by atoms with Crippen LogP contribution in [-0.2, 0) is 13.1 Å². The van der Waals surface area contributed by atoms with E-state index in [4.69, 9.17) is 20.2 Å². The maximum absolute atomic E-state index is 6.19. The van der Waals surface area contributed by atoms with Crippen molar-refractivity contribution in [1.82, 2.24) is 19.9 Å². The number of hydrogen-bond acceptors (Lipinski definition) is 7. The van der Waals surface area contributed by atoms with E-state index in [-0.39, 0.29) is 6.79 Å². The van der Waals surface area contributed by atoms with Crippen LogP contribution in [0.3, 0.4) is 0 Å². The fourth-order valence-corrected chi connectivity index (χ4v) is 5.88. The molecule has 0 radical (unpaired) electrons. The zero-order valence-electron chi connectivity index (χ0n) is 19.6. The van der Waals surface area contributed by atoms with Crippen LogP contribution in [0.4, 0.5) is 5.82 Å². The third kappa shape index (κ3) is 4.93. The number of benzene rings is 2. The van der Waals surface area contributed by atoms with Crippen LogP contribution in [0.1, 0.15) is 18.4 Å². The van der Waals surface area contributed by atoms with Crippen LogP contribution in [0.25, 0.3) is 11.2 Å². The summed E-state index contributed by atoms with van der Waals surface area (Å²) < 4.78 is 14.0. The van der Waals surface area contributed by atoms with E-state index in [0.717, 1.165) is 76.2 Å². The molecule has 6 rings (SSSR count). The number of rotatable bonds is 7. The zero-order chi connectivity index (χ0) is 24.5. The normalized spacial score (nSPS) is 15.4. The number of nitrogens with zero attached hydrogens (tertiary/aromatic N) is 4. The molecule has 0 bridgehead atoms. The first kappa shape index (κ1) is 23.3. The molecule has 0 saturated heterocycles. The van der Waals surface area contributed by atoms with Crippen LogP contribution in [0.2, 0.25) is 0 Å². The van der Waals surface area contributed by atoms with Crippen LogP contribution in [-0.4, -0.2) is 39.7 Å². The van der Waals surface area contributed by atoms with Gasteiger partial charge in [-0.3, -0.25) is 4.90 Å². The fraction of sp³-hybridized carbons (Fsp3) is 0.269. The third-order valence-electron chi connectivity index (χ3n) is 6.47. The Hall–Kier alpha value is -3.08. The first-order valence-corrected chi connectivity index (χ1v) is 13.5. The first-order chi connectivity index (χ1) is 17.6. The number of nitrogens with one attached hydrogen (secondary N) is 1. The summed E-state index contributed by atoms with van der Waals surface area (Å²) >= 11 is 5.13. The first-order valence-electron chi connectivity index (χ1n) is 11.9. The molecule has 8 nitrogen and oxygen atoms in total. The second-order valence-corrected chi connectivity index (χ2v) is 10.8. The minimum atomic E-state index is 0.240. The van der Waals surface area contributed by atoms with E-state index >= 15 is 0 Å².